The lowest BCUT2D eigenvalue weighted by atomic mass is 10.1. The Balaban J connectivity index is 1.54. The summed E-state index contributed by atoms with van der Waals surface area (Å²) in [6, 6.07) is 0. The smallest absolute Gasteiger partial charge is 0.0841 e. The maximum Gasteiger partial charge on any atom is 0.0841 e. The van der Waals surface area contributed by atoms with E-state index >= 15 is 0 Å². The standard InChI is InChI=1S/C10H18O2/c1-2-9-10(12-9)4-3-7-5-8(7)6-11/h7-11H,2-6H2,1H3. The van der Waals surface area contributed by atoms with E-state index < -0.39 is 0 Å². The minimum Gasteiger partial charge on any atom is -0.396 e. The van der Waals surface area contributed by atoms with Gasteiger partial charge < -0.3 is 9.84 Å². The second-order valence-corrected chi connectivity index (χ2v) is 4.14. The molecule has 2 heteroatoms. The quantitative estimate of drug-likeness (QED) is 0.635. The molecule has 1 aliphatic carbocycles. The number of hydrogen-bond acceptors (Lipinski definition) is 2. The van der Waals surface area contributed by atoms with Crippen LogP contribution in [0.15, 0.2) is 0 Å². The lowest BCUT2D eigenvalue weighted by molar-refractivity contribution is 0.266. The second-order valence-electron chi connectivity index (χ2n) is 4.14. The molecule has 0 aromatic carbocycles. The highest BCUT2D eigenvalue weighted by Gasteiger charge is 2.41. The molecule has 0 aromatic rings. The van der Waals surface area contributed by atoms with Gasteiger partial charge in [0.15, 0.2) is 0 Å². The van der Waals surface area contributed by atoms with E-state index in [2.05, 4.69) is 6.92 Å². The van der Waals surface area contributed by atoms with Gasteiger partial charge in [0.25, 0.3) is 0 Å². The lowest BCUT2D eigenvalue weighted by Gasteiger charge is -1.94. The normalized spacial score (nSPS) is 44.5. The molecule has 1 aliphatic heterocycles. The molecule has 4 atom stereocenters. The molecule has 1 N–H and O–H groups in total. The van der Waals surface area contributed by atoms with Crippen LogP contribution in [0.2, 0.25) is 0 Å². The van der Waals surface area contributed by atoms with Crippen LogP contribution in [0.3, 0.4) is 0 Å². The van der Waals surface area contributed by atoms with Crippen LogP contribution in [-0.4, -0.2) is 23.9 Å². The van der Waals surface area contributed by atoms with Crippen molar-refractivity contribution in [3.8, 4) is 0 Å². The highest BCUT2D eigenvalue weighted by atomic mass is 16.6. The number of rotatable bonds is 5. The van der Waals surface area contributed by atoms with E-state index in [-0.39, 0.29) is 0 Å². The van der Waals surface area contributed by atoms with Crippen LogP contribution in [0, 0.1) is 11.8 Å². The van der Waals surface area contributed by atoms with Crippen molar-refractivity contribution in [1.29, 1.82) is 0 Å². The van der Waals surface area contributed by atoms with Gasteiger partial charge in [-0.2, -0.15) is 0 Å². The van der Waals surface area contributed by atoms with E-state index in [9.17, 15) is 0 Å². The summed E-state index contributed by atoms with van der Waals surface area (Å²) in [6.07, 6.45) is 6.04. The fourth-order valence-corrected chi connectivity index (χ4v) is 2.06. The molecule has 0 spiro atoms. The van der Waals surface area contributed by atoms with Gasteiger partial charge in [-0.3, -0.25) is 0 Å². The molecule has 2 nitrogen and oxygen atoms in total. The van der Waals surface area contributed by atoms with Gasteiger partial charge in [-0.05, 0) is 37.5 Å². The Labute approximate surface area is 73.9 Å². The fraction of sp³-hybridized carbons (Fsp3) is 1.00. The summed E-state index contributed by atoms with van der Waals surface area (Å²) in [5, 5.41) is 8.82. The number of ether oxygens (including phenoxy) is 1. The van der Waals surface area contributed by atoms with Gasteiger partial charge in [0.2, 0.25) is 0 Å². The van der Waals surface area contributed by atoms with Crippen molar-refractivity contribution in [2.75, 3.05) is 6.61 Å². The molecule has 1 saturated heterocycles. The van der Waals surface area contributed by atoms with E-state index in [4.69, 9.17) is 9.84 Å². The largest absolute Gasteiger partial charge is 0.396 e. The molecule has 0 amide bonds. The van der Waals surface area contributed by atoms with Crippen molar-refractivity contribution < 1.29 is 9.84 Å². The predicted molar refractivity (Wildman–Crippen MR) is 46.9 cm³/mol. The summed E-state index contributed by atoms with van der Waals surface area (Å²) in [5.74, 6) is 1.44. The lowest BCUT2D eigenvalue weighted by Crippen LogP contribution is -1.95. The Hall–Kier alpha value is -0.0800. The van der Waals surface area contributed by atoms with Gasteiger partial charge in [0.1, 0.15) is 0 Å². The van der Waals surface area contributed by atoms with Crippen molar-refractivity contribution in [3.63, 3.8) is 0 Å². The van der Waals surface area contributed by atoms with Crippen molar-refractivity contribution in [2.24, 2.45) is 11.8 Å². The van der Waals surface area contributed by atoms with E-state index in [0.717, 1.165) is 5.92 Å². The first-order chi connectivity index (χ1) is 5.85. The number of aliphatic hydroxyl groups is 1. The maximum absolute atomic E-state index is 8.82. The van der Waals surface area contributed by atoms with E-state index in [1.807, 2.05) is 0 Å². The summed E-state index contributed by atoms with van der Waals surface area (Å²) < 4.78 is 5.45. The first-order valence-electron chi connectivity index (χ1n) is 5.11. The SMILES string of the molecule is CCC1OC1CCC1CC1CO. The van der Waals surface area contributed by atoms with Crippen LogP contribution >= 0.6 is 0 Å². The first kappa shape index (κ1) is 8.52. The zero-order chi connectivity index (χ0) is 8.55. The van der Waals surface area contributed by atoms with Crippen LogP contribution < -0.4 is 0 Å². The Kier molecular flexibility index (Phi) is 2.37. The van der Waals surface area contributed by atoms with Crippen molar-refractivity contribution in [1.82, 2.24) is 0 Å². The average Bonchev–Trinajstić information content (AvgIpc) is 2.97. The van der Waals surface area contributed by atoms with Crippen LogP contribution in [0.5, 0.6) is 0 Å². The second kappa shape index (κ2) is 3.35. The number of aliphatic hydroxyl groups excluding tert-OH is 1. The molecular formula is C10H18O2. The van der Waals surface area contributed by atoms with Gasteiger partial charge in [-0.1, -0.05) is 6.92 Å². The molecule has 0 aromatic heterocycles. The van der Waals surface area contributed by atoms with Gasteiger partial charge in [0.05, 0.1) is 12.2 Å². The molecule has 0 radical (unpaired) electrons. The molecule has 70 valence electrons. The molecule has 1 saturated carbocycles. The third-order valence-corrected chi connectivity index (χ3v) is 3.22. The monoisotopic (exact) mass is 170 g/mol. The molecular weight excluding hydrogens is 152 g/mol. The van der Waals surface area contributed by atoms with Crippen molar-refractivity contribution in [2.45, 2.75) is 44.8 Å². The first-order valence-corrected chi connectivity index (χ1v) is 5.11. The van der Waals surface area contributed by atoms with Crippen LogP contribution in [0.4, 0.5) is 0 Å². The van der Waals surface area contributed by atoms with Crippen LogP contribution in [0.25, 0.3) is 0 Å². The predicted octanol–water partition coefficient (Wildman–Crippen LogP) is 1.57. The summed E-state index contributed by atoms with van der Waals surface area (Å²) in [5.41, 5.74) is 0. The zero-order valence-corrected chi connectivity index (χ0v) is 7.70. The van der Waals surface area contributed by atoms with E-state index in [0.29, 0.717) is 24.7 Å². The molecule has 2 rings (SSSR count). The van der Waals surface area contributed by atoms with E-state index in [1.54, 1.807) is 0 Å². The highest BCUT2D eigenvalue weighted by Crippen LogP contribution is 2.43. The molecule has 2 aliphatic rings. The average molecular weight is 170 g/mol. The molecule has 4 unspecified atom stereocenters. The van der Waals surface area contributed by atoms with E-state index in [1.165, 1.54) is 25.7 Å². The maximum atomic E-state index is 8.82. The fourth-order valence-electron chi connectivity index (χ4n) is 2.06. The molecule has 1 heterocycles. The van der Waals surface area contributed by atoms with Crippen molar-refractivity contribution in [3.05, 3.63) is 0 Å². The number of hydrogen-bond donors (Lipinski definition) is 1. The minimum absolute atomic E-state index is 0.396. The topological polar surface area (TPSA) is 32.8 Å². The molecule has 12 heavy (non-hydrogen) atoms. The Morgan fingerprint density at radius 1 is 1.25 bits per heavy atom. The Bertz CT molecular complexity index is 140. The summed E-state index contributed by atoms with van der Waals surface area (Å²) in [6.45, 7) is 2.58. The Morgan fingerprint density at radius 3 is 2.58 bits per heavy atom. The van der Waals surface area contributed by atoms with Gasteiger partial charge in [0, 0.05) is 6.61 Å². The van der Waals surface area contributed by atoms with Gasteiger partial charge in [-0.25, -0.2) is 0 Å². The summed E-state index contributed by atoms with van der Waals surface area (Å²) in [7, 11) is 0. The third kappa shape index (κ3) is 1.80. The summed E-state index contributed by atoms with van der Waals surface area (Å²) >= 11 is 0. The van der Waals surface area contributed by atoms with Crippen LogP contribution in [0.1, 0.15) is 32.6 Å². The molecule has 2 fully saturated rings. The summed E-state index contributed by atoms with van der Waals surface area (Å²) in [4.78, 5) is 0. The van der Waals surface area contributed by atoms with Crippen molar-refractivity contribution >= 4 is 0 Å². The number of epoxide rings is 1. The minimum atomic E-state index is 0.396. The zero-order valence-electron chi connectivity index (χ0n) is 7.70. The van der Waals surface area contributed by atoms with Gasteiger partial charge in [-0.15, -0.1) is 0 Å². The Morgan fingerprint density at radius 2 is 2.08 bits per heavy atom. The van der Waals surface area contributed by atoms with Crippen LogP contribution in [-0.2, 0) is 4.74 Å². The molecule has 0 bridgehead atoms. The third-order valence-electron chi connectivity index (χ3n) is 3.22. The highest BCUT2D eigenvalue weighted by molar-refractivity contribution is 4.90. The van der Waals surface area contributed by atoms with Gasteiger partial charge >= 0.3 is 0 Å².